The molecule has 0 aliphatic rings. The first kappa shape index (κ1) is 8.62. The van der Waals surface area contributed by atoms with Crippen LogP contribution in [0.3, 0.4) is 0 Å². The van der Waals surface area contributed by atoms with E-state index in [1.54, 1.807) is 0 Å². The first-order valence-electron chi connectivity index (χ1n) is 4.15. The molecule has 0 atom stereocenters. The highest BCUT2D eigenvalue weighted by Gasteiger charge is 2.06. The standard InChI is InChI=1S/C10H8N2O2/c1-7-3-2-4-8(5-7)10-11-9(6-13)14-12-10/h2-6H,1H3. The van der Waals surface area contributed by atoms with Crippen LogP contribution in [0.5, 0.6) is 0 Å². The molecule has 0 fully saturated rings. The minimum Gasteiger partial charge on any atom is -0.331 e. The fourth-order valence-electron chi connectivity index (χ4n) is 1.18. The predicted molar refractivity (Wildman–Crippen MR) is 49.9 cm³/mol. The maximum atomic E-state index is 10.3. The van der Waals surface area contributed by atoms with Gasteiger partial charge < -0.3 is 4.52 Å². The summed E-state index contributed by atoms with van der Waals surface area (Å²) in [6.07, 6.45) is 0.534. The van der Waals surface area contributed by atoms with Gasteiger partial charge in [0.05, 0.1) is 0 Å². The first-order chi connectivity index (χ1) is 6.79. The molecule has 0 aliphatic carbocycles. The van der Waals surface area contributed by atoms with Gasteiger partial charge in [-0.3, -0.25) is 4.79 Å². The van der Waals surface area contributed by atoms with Crippen molar-refractivity contribution in [2.45, 2.75) is 6.92 Å². The summed E-state index contributed by atoms with van der Waals surface area (Å²) in [5.41, 5.74) is 1.96. The van der Waals surface area contributed by atoms with Gasteiger partial charge in [0.15, 0.2) is 0 Å². The average molecular weight is 188 g/mol. The molecule has 1 heterocycles. The van der Waals surface area contributed by atoms with E-state index in [4.69, 9.17) is 0 Å². The molecule has 0 saturated heterocycles. The zero-order valence-corrected chi connectivity index (χ0v) is 7.60. The van der Waals surface area contributed by atoms with Gasteiger partial charge in [0.2, 0.25) is 12.1 Å². The zero-order chi connectivity index (χ0) is 9.97. The predicted octanol–water partition coefficient (Wildman–Crippen LogP) is 1.86. The summed E-state index contributed by atoms with van der Waals surface area (Å²) in [4.78, 5) is 14.2. The maximum Gasteiger partial charge on any atom is 0.291 e. The van der Waals surface area contributed by atoms with E-state index in [0.717, 1.165) is 11.1 Å². The van der Waals surface area contributed by atoms with Crippen LogP contribution < -0.4 is 0 Å². The Hall–Kier alpha value is -1.97. The summed E-state index contributed by atoms with van der Waals surface area (Å²) in [5.74, 6) is 0.442. The molecule has 0 amide bonds. The number of hydrogen-bond donors (Lipinski definition) is 0. The van der Waals surface area contributed by atoms with Crippen LogP contribution in [0.25, 0.3) is 11.4 Å². The molecule has 0 unspecified atom stereocenters. The van der Waals surface area contributed by atoms with Gasteiger partial charge in [-0.25, -0.2) is 0 Å². The Balaban J connectivity index is 2.43. The van der Waals surface area contributed by atoms with Crippen LogP contribution in [0.15, 0.2) is 28.8 Å². The monoisotopic (exact) mass is 188 g/mol. The lowest BCUT2D eigenvalue weighted by Gasteiger charge is -1.94. The quantitative estimate of drug-likeness (QED) is 0.675. The van der Waals surface area contributed by atoms with Crippen molar-refractivity contribution in [1.82, 2.24) is 10.1 Å². The van der Waals surface area contributed by atoms with Gasteiger partial charge >= 0.3 is 0 Å². The smallest absolute Gasteiger partial charge is 0.291 e. The SMILES string of the molecule is Cc1cccc(-c2noc(C=O)n2)c1. The van der Waals surface area contributed by atoms with Crippen molar-refractivity contribution in [3.05, 3.63) is 35.7 Å². The van der Waals surface area contributed by atoms with E-state index in [0.29, 0.717) is 12.1 Å². The third-order valence-corrected chi connectivity index (χ3v) is 1.82. The summed E-state index contributed by atoms with van der Waals surface area (Å²) < 4.78 is 4.68. The van der Waals surface area contributed by atoms with Gasteiger partial charge in [0.25, 0.3) is 5.89 Å². The summed E-state index contributed by atoms with van der Waals surface area (Å²) in [6.45, 7) is 1.98. The van der Waals surface area contributed by atoms with Gasteiger partial charge in [-0.05, 0) is 13.0 Å². The van der Waals surface area contributed by atoms with Crippen molar-refractivity contribution in [3.8, 4) is 11.4 Å². The van der Waals surface area contributed by atoms with Crippen LogP contribution in [-0.4, -0.2) is 16.4 Å². The van der Waals surface area contributed by atoms with Gasteiger partial charge in [-0.1, -0.05) is 28.9 Å². The fraction of sp³-hybridized carbons (Fsp3) is 0.100. The molecule has 4 nitrogen and oxygen atoms in total. The molecule has 14 heavy (non-hydrogen) atoms. The van der Waals surface area contributed by atoms with Gasteiger partial charge in [0, 0.05) is 5.56 Å². The maximum absolute atomic E-state index is 10.3. The molecule has 0 aliphatic heterocycles. The van der Waals surface area contributed by atoms with E-state index in [-0.39, 0.29) is 5.89 Å². The van der Waals surface area contributed by atoms with Crippen molar-refractivity contribution in [1.29, 1.82) is 0 Å². The molecule has 0 spiro atoms. The van der Waals surface area contributed by atoms with Gasteiger partial charge in [-0.2, -0.15) is 4.98 Å². The molecule has 2 rings (SSSR count). The van der Waals surface area contributed by atoms with Crippen molar-refractivity contribution in [3.63, 3.8) is 0 Å². The molecular weight excluding hydrogens is 180 g/mol. The van der Waals surface area contributed by atoms with Crippen LogP contribution in [-0.2, 0) is 0 Å². The molecule has 1 aromatic carbocycles. The first-order valence-corrected chi connectivity index (χ1v) is 4.15. The van der Waals surface area contributed by atoms with Crippen molar-refractivity contribution >= 4 is 6.29 Å². The van der Waals surface area contributed by atoms with E-state index < -0.39 is 0 Å². The summed E-state index contributed by atoms with van der Waals surface area (Å²) in [5, 5.41) is 3.68. The molecule has 2 aromatic rings. The molecule has 0 radical (unpaired) electrons. The van der Waals surface area contributed by atoms with Gasteiger partial charge in [-0.15, -0.1) is 0 Å². The minimum atomic E-state index is 0.00139. The Morgan fingerprint density at radius 1 is 1.43 bits per heavy atom. The highest BCUT2D eigenvalue weighted by molar-refractivity contribution is 5.69. The second kappa shape index (κ2) is 3.41. The van der Waals surface area contributed by atoms with Crippen molar-refractivity contribution in [2.75, 3.05) is 0 Å². The Morgan fingerprint density at radius 2 is 2.29 bits per heavy atom. The molecule has 4 heteroatoms. The number of hydrogen-bond acceptors (Lipinski definition) is 4. The van der Waals surface area contributed by atoms with E-state index in [9.17, 15) is 4.79 Å². The fourth-order valence-corrected chi connectivity index (χ4v) is 1.18. The van der Waals surface area contributed by atoms with Gasteiger partial charge in [0.1, 0.15) is 0 Å². The number of aryl methyl sites for hydroxylation is 1. The number of carbonyl (C=O) groups excluding carboxylic acids is 1. The Morgan fingerprint density at radius 3 is 2.93 bits per heavy atom. The number of nitrogens with zero attached hydrogens (tertiary/aromatic N) is 2. The second-order valence-electron chi connectivity index (χ2n) is 2.94. The van der Waals surface area contributed by atoms with Crippen LogP contribution >= 0.6 is 0 Å². The van der Waals surface area contributed by atoms with Crippen molar-refractivity contribution in [2.24, 2.45) is 0 Å². The van der Waals surface area contributed by atoms with Crippen LogP contribution in [0.2, 0.25) is 0 Å². The number of aldehydes is 1. The third kappa shape index (κ3) is 1.54. The summed E-state index contributed by atoms with van der Waals surface area (Å²) in [6, 6.07) is 7.68. The van der Waals surface area contributed by atoms with E-state index in [2.05, 4.69) is 14.7 Å². The highest BCUT2D eigenvalue weighted by atomic mass is 16.5. The average Bonchev–Trinajstić information content (AvgIpc) is 2.66. The molecule has 0 N–H and O–H groups in total. The summed E-state index contributed by atoms with van der Waals surface area (Å²) >= 11 is 0. The van der Waals surface area contributed by atoms with E-state index in [1.807, 2.05) is 31.2 Å². The minimum absolute atomic E-state index is 0.00139. The van der Waals surface area contributed by atoms with Crippen LogP contribution in [0.4, 0.5) is 0 Å². The normalized spacial score (nSPS) is 10.1. The molecule has 1 aromatic heterocycles. The molecule has 70 valence electrons. The third-order valence-electron chi connectivity index (χ3n) is 1.82. The lowest BCUT2D eigenvalue weighted by molar-refractivity contribution is 0.108. The van der Waals surface area contributed by atoms with E-state index in [1.165, 1.54) is 0 Å². The Labute approximate surface area is 80.6 Å². The largest absolute Gasteiger partial charge is 0.331 e. The Bertz CT molecular complexity index is 463. The second-order valence-corrected chi connectivity index (χ2v) is 2.94. The lowest BCUT2D eigenvalue weighted by Crippen LogP contribution is -1.82. The summed E-state index contributed by atoms with van der Waals surface area (Å²) in [7, 11) is 0. The van der Waals surface area contributed by atoms with E-state index >= 15 is 0 Å². The molecule has 0 bridgehead atoms. The number of carbonyl (C=O) groups is 1. The number of rotatable bonds is 2. The molecule has 0 saturated carbocycles. The number of aromatic nitrogens is 2. The topological polar surface area (TPSA) is 56.0 Å². The zero-order valence-electron chi connectivity index (χ0n) is 7.60. The highest BCUT2D eigenvalue weighted by Crippen LogP contribution is 2.16. The van der Waals surface area contributed by atoms with Crippen LogP contribution in [0.1, 0.15) is 16.2 Å². The van der Waals surface area contributed by atoms with Crippen molar-refractivity contribution < 1.29 is 9.32 Å². The Kier molecular flexibility index (Phi) is 2.10. The lowest BCUT2D eigenvalue weighted by atomic mass is 10.1. The number of benzene rings is 1. The molecular formula is C10H8N2O2. The van der Waals surface area contributed by atoms with Crippen LogP contribution in [0, 0.1) is 6.92 Å².